The quantitative estimate of drug-likeness (QED) is 0.884. The van der Waals surface area contributed by atoms with E-state index in [4.69, 9.17) is 0 Å². The Bertz CT molecular complexity index is 597. The SMILES string of the molecule is CNC(=O)CC(NC(=O)c1ccccc1)c1ccccc1. The van der Waals surface area contributed by atoms with Crippen molar-refractivity contribution in [3.05, 3.63) is 71.8 Å². The molecule has 0 aliphatic rings. The highest BCUT2D eigenvalue weighted by Gasteiger charge is 2.18. The zero-order valence-corrected chi connectivity index (χ0v) is 11.9. The van der Waals surface area contributed by atoms with Gasteiger partial charge in [0.1, 0.15) is 0 Å². The van der Waals surface area contributed by atoms with Crippen LogP contribution in [0.5, 0.6) is 0 Å². The first kappa shape index (κ1) is 14.8. The Balaban J connectivity index is 2.16. The summed E-state index contributed by atoms with van der Waals surface area (Å²) < 4.78 is 0. The first-order chi connectivity index (χ1) is 10.2. The zero-order chi connectivity index (χ0) is 15.1. The van der Waals surface area contributed by atoms with Gasteiger partial charge in [-0.2, -0.15) is 0 Å². The molecule has 0 bridgehead atoms. The summed E-state index contributed by atoms with van der Waals surface area (Å²) in [7, 11) is 1.59. The van der Waals surface area contributed by atoms with Gasteiger partial charge >= 0.3 is 0 Å². The molecule has 0 heterocycles. The molecule has 4 nitrogen and oxygen atoms in total. The lowest BCUT2D eigenvalue weighted by molar-refractivity contribution is -0.121. The van der Waals surface area contributed by atoms with Gasteiger partial charge < -0.3 is 10.6 Å². The first-order valence-electron chi connectivity index (χ1n) is 6.82. The number of nitrogens with one attached hydrogen (secondary N) is 2. The molecule has 0 aliphatic carbocycles. The predicted octanol–water partition coefficient (Wildman–Crippen LogP) is 2.29. The van der Waals surface area contributed by atoms with Gasteiger partial charge in [-0.1, -0.05) is 48.5 Å². The number of hydrogen-bond acceptors (Lipinski definition) is 2. The molecule has 0 saturated heterocycles. The third kappa shape index (κ3) is 4.18. The lowest BCUT2D eigenvalue weighted by atomic mass is 10.0. The van der Waals surface area contributed by atoms with Gasteiger partial charge in [0.15, 0.2) is 0 Å². The van der Waals surface area contributed by atoms with Crippen LogP contribution in [0.2, 0.25) is 0 Å². The van der Waals surface area contributed by atoms with Gasteiger partial charge in [0.2, 0.25) is 5.91 Å². The van der Waals surface area contributed by atoms with Crippen LogP contribution >= 0.6 is 0 Å². The molecular weight excluding hydrogens is 264 g/mol. The van der Waals surface area contributed by atoms with E-state index in [0.29, 0.717) is 5.56 Å². The monoisotopic (exact) mass is 282 g/mol. The topological polar surface area (TPSA) is 58.2 Å². The van der Waals surface area contributed by atoms with Gasteiger partial charge in [0.05, 0.1) is 12.5 Å². The molecule has 2 aromatic carbocycles. The van der Waals surface area contributed by atoms with Crippen LogP contribution in [-0.4, -0.2) is 18.9 Å². The Kier molecular flexibility index (Phi) is 5.10. The van der Waals surface area contributed by atoms with Crippen LogP contribution in [0.15, 0.2) is 60.7 Å². The number of carbonyl (C=O) groups is 2. The Morgan fingerprint density at radius 2 is 1.52 bits per heavy atom. The Hall–Kier alpha value is -2.62. The second-order valence-electron chi connectivity index (χ2n) is 4.68. The molecule has 1 atom stereocenters. The fourth-order valence-electron chi connectivity index (χ4n) is 2.06. The van der Waals surface area contributed by atoms with Gasteiger partial charge in [-0.3, -0.25) is 9.59 Å². The van der Waals surface area contributed by atoms with E-state index in [2.05, 4.69) is 10.6 Å². The number of carbonyl (C=O) groups excluding carboxylic acids is 2. The number of rotatable bonds is 5. The summed E-state index contributed by atoms with van der Waals surface area (Å²) in [6.07, 6.45) is 0.207. The van der Waals surface area contributed by atoms with Gasteiger partial charge in [-0.05, 0) is 17.7 Å². The molecule has 4 heteroatoms. The van der Waals surface area contributed by atoms with Gasteiger partial charge in [0.25, 0.3) is 5.91 Å². The highest BCUT2D eigenvalue weighted by atomic mass is 16.2. The largest absolute Gasteiger partial charge is 0.359 e. The van der Waals surface area contributed by atoms with E-state index in [1.54, 1.807) is 19.2 Å². The minimum absolute atomic E-state index is 0.114. The molecule has 0 fully saturated rings. The molecule has 0 radical (unpaired) electrons. The molecule has 2 aromatic rings. The van der Waals surface area contributed by atoms with Gasteiger partial charge in [-0.15, -0.1) is 0 Å². The van der Waals surface area contributed by atoms with Crippen LogP contribution in [0.1, 0.15) is 28.4 Å². The molecule has 21 heavy (non-hydrogen) atoms. The predicted molar refractivity (Wildman–Crippen MR) is 81.8 cm³/mol. The second-order valence-corrected chi connectivity index (χ2v) is 4.68. The minimum Gasteiger partial charge on any atom is -0.359 e. The van der Waals surface area contributed by atoms with Crippen LogP contribution in [0, 0.1) is 0 Å². The maximum atomic E-state index is 12.3. The number of hydrogen-bond donors (Lipinski definition) is 2. The lowest BCUT2D eigenvalue weighted by Crippen LogP contribution is -2.32. The molecule has 2 N–H and O–H groups in total. The van der Waals surface area contributed by atoms with Crippen LogP contribution in [0.3, 0.4) is 0 Å². The molecule has 0 aromatic heterocycles. The maximum absolute atomic E-state index is 12.3. The van der Waals surface area contributed by atoms with Crippen molar-refractivity contribution >= 4 is 11.8 Å². The van der Waals surface area contributed by atoms with Crippen molar-refractivity contribution in [2.45, 2.75) is 12.5 Å². The third-order valence-electron chi connectivity index (χ3n) is 3.21. The molecule has 0 aliphatic heterocycles. The molecular formula is C17H18N2O2. The molecule has 1 unspecified atom stereocenters. The molecule has 0 saturated carbocycles. The fraction of sp³-hybridized carbons (Fsp3) is 0.176. The standard InChI is InChI=1S/C17H18N2O2/c1-18-16(20)12-15(13-8-4-2-5-9-13)19-17(21)14-10-6-3-7-11-14/h2-11,15H,12H2,1H3,(H,18,20)(H,19,21). The average Bonchev–Trinajstić information content (AvgIpc) is 2.55. The van der Waals surface area contributed by atoms with E-state index in [1.165, 1.54) is 0 Å². The van der Waals surface area contributed by atoms with Crippen LogP contribution < -0.4 is 10.6 Å². The maximum Gasteiger partial charge on any atom is 0.251 e. The molecule has 0 spiro atoms. The summed E-state index contributed by atoms with van der Waals surface area (Å²) in [5.41, 5.74) is 1.49. The third-order valence-corrected chi connectivity index (χ3v) is 3.21. The summed E-state index contributed by atoms with van der Waals surface area (Å²) >= 11 is 0. The zero-order valence-electron chi connectivity index (χ0n) is 11.9. The normalized spacial score (nSPS) is 11.5. The summed E-state index contributed by atoms with van der Waals surface area (Å²) in [5.74, 6) is -0.300. The lowest BCUT2D eigenvalue weighted by Gasteiger charge is -2.18. The van der Waals surface area contributed by atoms with E-state index in [1.807, 2.05) is 48.5 Å². The average molecular weight is 282 g/mol. The highest BCUT2D eigenvalue weighted by Crippen LogP contribution is 2.17. The first-order valence-corrected chi connectivity index (χ1v) is 6.82. The van der Waals surface area contributed by atoms with Crippen molar-refractivity contribution in [3.8, 4) is 0 Å². The Morgan fingerprint density at radius 3 is 2.10 bits per heavy atom. The molecule has 2 rings (SSSR count). The molecule has 2 amide bonds. The summed E-state index contributed by atoms with van der Waals surface area (Å²) in [6, 6.07) is 18.1. The van der Waals surface area contributed by atoms with Crippen molar-refractivity contribution in [2.75, 3.05) is 7.05 Å². The van der Waals surface area contributed by atoms with E-state index in [-0.39, 0.29) is 24.3 Å². The van der Waals surface area contributed by atoms with Crippen molar-refractivity contribution in [3.63, 3.8) is 0 Å². The summed E-state index contributed by atoms with van der Waals surface area (Å²) in [6.45, 7) is 0. The van der Waals surface area contributed by atoms with Gasteiger partial charge in [0, 0.05) is 12.6 Å². The smallest absolute Gasteiger partial charge is 0.251 e. The van der Waals surface area contributed by atoms with Crippen molar-refractivity contribution in [1.82, 2.24) is 10.6 Å². The minimum atomic E-state index is -0.348. The van der Waals surface area contributed by atoms with Crippen molar-refractivity contribution in [2.24, 2.45) is 0 Å². The van der Waals surface area contributed by atoms with Crippen molar-refractivity contribution in [1.29, 1.82) is 0 Å². The van der Waals surface area contributed by atoms with E-state index in [9.17, 15) is 9.59 Å². The Morgan fingerprint density at radius 1 is 0.952 bits per heavy atom. The highest BCUT2D eigenvalue weighted by molar-refractivity contribution is 5.94. The van der Waals surface area contributed by atoms with Crippen LogP contribution in [-0.2, 0) is 4.79 Å². The number of benzene rings is 2. The van der Waals surface area contributed by atoms with E-state index < -0.39 is 0 Å². The van der Waals surface area contributed by atoms with E-state index >= 15 is 0 Å². The summed E-state index contributed by atoms with van der Waals surface area (Å²) in [4.78, 5) is 23.9. The second kappa shape index (κ2) is 7.24. The van der Waals surface area contributed by atoms with Crippen LogP contribution in [0.4, 0.5) is 0 Å². The van der Waals surface area contributed by atoms with Crippen LogP contribution in [0.25, 0.3) is 0 Å². The van der Waals surface area contributed by atoms with E-state index in [0.717, 1.165) is 5.56 Å². The molecule has 108 valence electrons. The van der Waals surface area contributed by atoms with Gasteiger partial charge in [-0.25, -0.2) is 0 Å². The number of amides is 2. The van der Waals surface area contributed by atoms with Crippen molar-refractivity contribution < 1.29 is 9.59 Å². The fourth-order valence-corrected chi connectivity index (χ4v) is 2.06. The Labute approximate surface area is 124 Å². The summed E-state index contributed by atoms with van der Waals surface area (Å²) in [5, 5.41) is 5.50.